The van der Waals surface area contributed by atoms with E-state index in [1.807, 2.05) is 13.0 Å². The Hall–Kier alpha value is -1.52. The summed E-state index contributed by atoms with van der Waals surface area (Å²) in [5, 5.41) is 11.4. The molecule has 98 valence electrons. The van der Waals surface area contributed by atoms with E-state index in [1.54, 1.807) is 11.9 Å². The quantitative estimate of drug-likeness (QED) is 0.504. The van der Waals surface area contributed by atoms with E-state index in [9.17, 15) is 9.59 Å². The van der Waals surface area contributed by atoms with Gasteiger partial charge in [-0.1, -0.05) is 13.0 Å². The number of amides is 2. The van der Waals surface area contributed by atoms with Gasteiger partial charge in [0.2, 0.25) is 0 Å². The molecule has 0 aliphatic rings. The smallest absolute Gasteiger partial charge is 0.317 e. The number of carboxylic acids is 1. The van der Waals surface area contributed by atoms with Crippen molar-refractivity contribution in [2.45, 2.75) is 38.6 Å². The third-order valence-corrected chi connectivity index (χ3v) is 2.49. The van der Waals surface area contributed by atoms with Gasteiger partial charge in [0.1, 0.15) is 0 Å². The van der Waals surface area contributed by atoms with Crippen LogP contribution in [0.25, 0.3) is 0 Å². The van der Waals surface area contributed by atoms with Gasteiger partial charge in [-0.15, -0.1) is 6.58 Å². The lowest BCUT2D eigenvalue weighted by atomic mass is 10.1. The molecular formula is C12H22N2O3. The molecule has 0 aromatic heterocycles. The number of allylic oxidation sites excluding steroid dienone is 1. The molecule has 5 heteroatoms. The Morgan fingerprint density at radius 1 is 1.53 bits per heavy atom. The molecule has 1 atom stereocenters. The van der Waals surface area contributed by atoms with Crippen molar-refractivity contribution in [3.63, 3.8) is 0 Å². The predicted octanol–water partition coefficient (Wildman–Crippen LogP) is 1.85. The Balaban J connectivity index is 4.02. The highest BCUT2D eigenvalue weighted by Gasteiger charge is 2.16. The molecule has 0 aliphatic heterocycles. The first kappa shape index (κ1) is 15.5. The van der Waals surface area contributed by atoms with Crippen LogP contribution in [0.5, 0.6) is 0 Å². The molecule has 2 N–H and O–H groups in total. The fourth-order valence-electron chi connectivity index (χ4n) is 1.37. The maximum atomic E-state index is 11.7. The van der Waals surface area contributed by atoms with E-state index in [-0.39, 0.29) is 18.5 Å². The zero-order valence-electron chi connectivity index (χ0n) is 10.6. The number of carbonyl (C=O) groups is 2. The second-order valence-corrected chi connectivity index (χ2v) is 4.00. The number of rotatable bonds is 8. The van der Waals surface area contributed by atoms with Crippen LogP contribution in [-0.2, 0) is 4.79 Å². The summed E-state index contributed by atoms with van der Waals surface area (Å²) in [6, 6.07) is -0.524. The average Bonchev–Trinajstić information content (AvgIpc) is 2.27. The zero-order chi connectivity index (χ0) is 13.3. The molecule has 2 amide bonds. The van der Waals surface area contributed by atoms with E-state index in [0.717, 1.165) is 12.8 Å². The number of urea groups is 1. The molecule has 0 heterocycles. The summed E-state index contributed by atoms with van der Waals surface area (Å²) >= 11 is 0. The van der Waals surface area contributed by atoms with Crippen LogP contribution >= 0.6 is 0 Å². The standard InChI is InChI=1S/C12H22N2O3/c1-4-6-7-8-14(3)12(17)13-10(5-2)9-11(15)16/h4,10H,1,5-9H2,2-3H3,(H,13,17)(H,15,16). The van der Waals surface area contributed by atoms with Gasteiger partial charge in [0.15, 0.2) is 0 Å². The maximum absolute atomic E-state index is 11.7. The largest absolute Gasteiger partial charge is 0.481 e. The Morgan fingerprint density at radius 2 is 2.18 bits per heavy atom. The second kappa shape index (κ2) is 8.61. The van der Waals surface area contributed by atoms with Gasteiger partial charge in [-0.25, -0.2) is 4.79 Å². The van der Waals surface area contributed by atoms with Crippen LogP contribution in [0.3, 0.4) is 0 Å². The Morgan fingerprint density at radius 3 is 2.65 bits per heavy atom. The summed E-state index contributed by atoms with van der Waals surface area (Å²) < 4.78 is 0. The van der Waals surface area contributed by atoms with Gasteiger partial charge in [0, 0.05) is 19.6 Å². The molecule has 0 fully saturated rings. The second-order valence-electron chi connectivity index (χ2n) is 4.00. The van der Waals surface area contributed by atoms with Gasteiger partial charge < -0.3 is 15.3 Å². The van der Waals surface area contributed by atoms with Crippen molar-refractivity contribution in [1.29, 1.82) is 0 Å². The number of unbranched alkanes of at least 4 members (excludes halogenated alkanes) is 1. The lowest BCUT2D eigenvalue weighted by molar-refractivity contribution is -0.137. The van der Waals surface area contributed by atoms with E-state index in [2.05, 4.69) is 11.9 Å². The first-order valence-electron chi connectivity index (χ1n) is 5.85. The third-order valence-electron chi connectivity index (χ3n) is 2.49. The Bertz CT molecular complexity index is 266. The molecule has 0 aromatic rings. The monoisotopic (exact) mass is 242 g/mol. The number of carbonyl (C=O) groups excluding carboxylic acids is 1. The van der Waals surface area contributed by atoms with Crippen molar-refractivity contribution >= 4 is 12.0 Å². The van der Waals surface area contributed by atoms with Crippen molar-refractivity contribution in [2.24, 2.45) is 0 Å². The molecule has 0 radical (unpaired) electrons. The Kier molecular flexibility index (Phi) is 7.84. The molecule has 0 bridgehead atoms. The van der Waals surface area contributed by atoms with Crippen molar-refractivity contribution in [3.05, 3.63) is 12.7 Å². The highest BCUT2D eigenvalue weighted by atomic mass is 16.4. The summed E-state index contributed by atoms with van der Waals surface area (Å²) in [4.78, 5) is 23.8. The number of hydrogen-bond acceptors (Lipinski definition) is 2. The molecule has 5 nitrogen and oxygen atoms in total. The van der Waals surface area contributed by atoms with E-state index < -0.39 is 5.97 Å². The van der Waals surface area contributed by atoms with E-state index in [1.165, 1.54) is 0 Å². The van der Waals surface area contributed by atoms with E-state index in [0.29, 0.717) is 13.0 Å². The molecule has 0 saturated heterocycles. The molecule has 17 heavy (non-hydrogen) atoms. The minimum absolute atomic E-state index is 0.0390. The molecule has 0 aromatic carbocycles. The molecular weight excluding hydrogens is 220 g/mol. The van der Waals surface area contributed by atoms with Crippen LogP contribution < -0.4 is 5.32 Å². The molecule has 0 rings (SSSR count). The topological polar surface area (TPSA) is 69.6 Å². The van der Waals surface area contributed by atoms with Crippen molar-refractivity contribution in [1.82, 2.24) is 10.2 Å². The zero-order valence-corrected chi connectivity index (χ0v) is 10.6. The van der Waals surface area contributed by atoms with Crippen LogP contribution in [0, 0.1) is 0 Å². The van der Waals surface area contributed by atoms with Crippen molar-refractivity contribution < 1.29 is 14.7 Å². The van der Waals surface area contributed by atoms with Gasteiger partial charge in [-0.2, -0.15) is 0 Å². The SMILES string of the molecule is C=CCCCN(C)C(=O)NC(CC)CC(=O)O. The van der Waals surface area contributed by atoms with Crippen molar-refractivity contribution in [3.8, 4) is 0 Å². The van der Waals surface area contributed by atoms with Gasteiger partial charge >= 0.3 is 12.0 Å². The number of carboxylic acid groups (broad SMARTS) is 1. The number of hydrogen-bond donors (Lipinski definition) is 2. The van der Waals surface area contributed by atoms with E-state index in [4.69, 9.17) is 5.11 Å². The van der Waals surface area contributed by atoms with E-state index >= 15 is 0 Å². The fourth-order valence-corrected chi connectivity index (χ4v) is 1.37. The number of nitrogens with zero attached hydrogens (tertiary/aromatic N) is 1. The summed E-state index contributed by atoms with van der Waals surface area (Å²) in [5.74, 6) is -0.897. The number of aliphatic carboxylic acids is 1. The lowest BCUT2D eigenvalue weighted by Gasteiger charge is -2.21. The molecule has 0 aliphatic carbocycles. The van der Waals surface area contributed by atoms with Crippen LogP contribution in [-0.4, -0.2) is 41.6 Å². The summed E-state index contributed by atoms with van der Waals surface area (Å²) in [6.07, 6.45) is 4.11. The summed E-state index contributed by atoms with van der Waals surface area (Å²) in [7, 11) is 1.70. The highest BCUT2D eigenvalue weighted by Crippen LogP contribution is 2.00. The third kappa shape index (κ3) is 7.38. The van der Waals surface area contributed by atoms with Gasteiger partial charge in [0.05, 0.1) is 6.42 Å². The van der Waals surface area contributed by atoms with Crippen LogP contribution in [0.2, 0.25) is 0 Å². The molecule has 0 saturated carbocycles. The van der Waals surface area contributed by atoms with Crippen LogP contribution in [0.1, 0.15) is 32.6 Å². The van der Waals surface area contributed by atoms with Gasteiger partial charge in [-0.05, 0) is 19.3 Å². The summed E-state index contributed by atoms with van der Waals surface area (Å²) in [6.45, 7) is 6.11. The van der Waals surface area contributed by atoms with Gasteiger partial charge in [-0.3, -0.25) is 4.79 Å². The molecule has 1 unspecified atom stereocenters. The lowest BCUT2D eigenvalue weighted by Crippen LogP contribution is -2.44. The maximum Gasteiger partial charge on any atom is 0.317 e. The number of nitrogens with one attached hydrogen (secondary N) is 1. The normalized spacial score (nSPS) is 11.6. The average molecular weight is 242 g/mol. The van der Waals surface area contributed by atoms with Crippen molar-refractivity contribution in [2.75, 3.05) is 13.6 Å². The minimum atomic E-state index is -0.897. The highest BCUT2D eigenvalue weighted by molar-refractivity contribution is 5.75. The fraction of sp³-hybridized carbons (Fsp3) is 0.667. The summed E-state index contributed by atoms with van der Waals surface area (Å²) in [5.41, 5.74) is 0. The van der Waals surface area contributed by atoms with Crippen LogP contribution in [0.15, 0.2) is 12.7 Å². The van der Waals surface area contributed by atoms with Crippen LogP contribution in [0.4, 0.5) is 4.79 Å². The first-order chi connectivity index (χ1) is 8.01. The minimum Gasteiger partial charge on any atom is -0.481 e. The molecule has 0 spiro atoms. The Labute approximate surface area is 102 Å². The van der Waals surface area contributed by atoms with Gasteiger partial charge in [0.25, 0.3) is 0 Å². The predicted molar refractivity (Wildman–Crippen MR) is 66.9 cm³/mol. The first-order valence-corrected chi connectivity index (χ1v) is 5.85.